The molecule has 0 unspecified atom stereocenters. The molecule has 6 nitrogen and oxygen atoms in total. The summed E-state index contributed by atoms with van der Waals surface area (Å²) in [6, 6.07) is -0.0200. The minimum atomic E-state index is -0.0200. The van der Waals surface area contributed by atoms with E-state index in [-0.39, 0.29) is 11.9 Å². The highest BCUT2D eigenvalue weighted by atomic mass is 16.5. The monoisotopic (exact) mass is 292 g/mol. The predicted octanol–water partition coefficient (Wildman–Crippen LogP) is 0.836. The van der Waals surface area contributed by atoms with E-state index in [1.807, 2.05) is 24.2 Å². The zero-order chi connectivity index (χ0) is 14.7. The molecule has 2 fully saturated rings. The molecule has 1 aromatic heterocycles. The van der Waals surface area contributed by atoms with E-state index < -0.39 is 0 Å². The Balaban J connectivity index is 1.52. The highest BCUT2D eigenvalue weighted by Crippen LogP contribution is 2.28. The van der Waals surface area contributed by atoms with Gasteiger partial charge in [0, 0.05) is 19.3 Å². The number of piperidine rings is 1. The molecule has 2 aliphatic rings. The van der Waals surface area contributed by atoms with Crippen molar-refractivity contribution in [3.63, 3.8) is 0 Å². The molecular weight excluding hydrogens is 268 g/mol. The first-order chi connectivity index (χ1) is 10.3. The van der Waals surface area contributed by atoms with Gasteiger partial charge in [-0.05, 0) is 44.3 Å². The number of hydrogen-bond acceptors (Lipinski definition) is 4. The second-order valence-electron chi connectivity index (χ2n) is 5.96. The topological polar surface area (TPSA) is 61.5 Å². The van der Waals surface area contributed by atoms with E-state index in [2.05, 4.69) is 15.1 Å². The number of nitrogens with one attached hydrogen (secondary N) is 1. The Bertz CT molecular complexity index is 448. The maximum absolute atomic E-state index is 12.5. The van der Waals surface area contributed by atoms with Gasteiger partial charge in [0.25, 0.3) is 0 Å². The maximum Gasteiger partial charge on any atom is 0.239 e. The largest absolute Gasteiger partial charge is 0.378 e. The second-order valence-corrected chi connectivity index (χ2v) is 5.96. The number of carbonyl (C=O) groups is 1. The molecule has 0 aliphatic carbocycles. The molecule has 21 heavy (non-hydrogen) atoms. The Morgan fingerprint density at radius 3 is 2.67 bits per heavy atom. The average Bonchev–Trinajstić information content (AvgIpc) is 3.09. The molecule has 3 heterocycles. The number of likely N-dealkylation sites (tertiary alicyclic amines) is 1. The van der Waals surface area contributed by atoms with E-state index in [9.17, 15) is 4.79 Å². The van der Waals surface area contributed by atoms with Gasteiger partial charge in [0.1, 0.15) is 0 Å². The molecule has 116 valence electrons. The van der Waals surface area contributed by atoms with E-state index in [1.165, 1.54) is 5.56 Å². The number of carbonyl (C=O) groups excluding carboxylic acids is 1. The minimum absolute atomic E-state index is 0.0200. The smallest absolute Gasteiger partial charge is 0.239 e. The van der Waals surface area contributed by atoms with Crippen molar-refractivity contribution in [2.24, 2.45) is 0 Å². The molecule has 0 aromatic carbocycles. The van der Waals surface area contributed by atoms with Crippen molar-refractivity contribution >= 4 is 5.91 Å². The normalized spacial score (nSPS) is 23.2. The van der Waals surface area contributed by atoms with Crippen LogP contribution < -0.4 is 0 Å². The van der Waals surface area contributed by atoms with Crippen molar-refractivity contribution in [2.45, 2.75) is 31.7 Å². The van der Waals surface area contributed by atoms with Gasteiger partial charge in [-0.15, -0.1) is 0 Å². The van der Waals surface area contributed by atoms with E-state index in [4.69, 9.17) is 4.74 Å². The average molecular weight is 292 g/mol. The number of H-pyrrole nitrogens is 1. The first kappa shape index (κ1) is 14.5. The number of amides is 1. The van der Waals surface area contributed by atoms with Crippen LogP contribution in [0.4, 0.5) is 0 Å². The summed E-state index contributed by atoms with van der Waals surface area (Å²) >= 11 is 0. The number of nitrogens with zero attached hydrogens (tertiary/aromatic N) is 3. The van der Waals surface area contributed by atoms with Crippen LogP contribution in [0, 0.1) is 0 Å². The third-order valence-corrected chi connectivity index (χ3v) is 4.75. The number of hydrogen-bond donors (Lipinski definition) is 1. The Morgan fingerprint density at radius 1 is 1.33 bits per heavy atom. The molecule has 6 heteroatoms. The van der Waals surface area contributed by atoms with Gasteiger partial charge in [0.05, 0.1) is 25.5 Å². The Morgan fingerprint density at radius 2 is 2.05 bits per heavy atom. The fraction of sp³-hybridized carbons (Fsp3) is 0.733. The van der Waals surface area contributed by atoms with Crippen LogP contribution in [0.2, 0.25) is 0 Å². The Kier molecular flexibility index (Phi) is 4.55. The number of ether oxygens (including phenoxy) is 1. The van der Waals surface area contributed by atoms with Crippen LogP contribution in [0.5, 0.6) is 0 Å². The van der Waals surface area contributed by atoms with Crippen LogP contribution in [0.3, 0.4) is 0 Å². The number of rotatable bonds is 3. The van der Waals surface area contributed by atoms with E-state index in [0.717, 1.165) is 39.0 Å². The van der Waals surface area contributed by atoms with E-state index >= 15 is 0 Å². The molecule has 0 saturated carbocycles. The molecule has 0 radical (unpaired) electrons. The summed E-state index contributed by atoms with van der Waals surface area (Å²) in [6.45, 7) is 6.79. The minimum Gasteiger partial charge on any atom is -0.378 e. The molecule has 2 saturated heterocycles. The molecule has 1 aromatic rings. The highest BCUT2D eigenvalue weighted by molar-refractivity contribution is 5.81. The van der Waals surface area contributed by atoms with Crippen molar-refractivity contribution in [1.82, 2.24) is 20.0 Å². The maximum atomic E-state index is 12.5. The lowest BCUT2D eigenvalue weighted by atomic mass is 9.91. The van der Waals surface area contributed by atoms with Crippen molar-refractivity contribution in [1.29, 1.82) is 0 Å². The molecule has 0 spiro atoms. The van der Waals surface area contributed by atoms with Crippen molar-refractivity contribution in [2.75, 3.05) is 39.4 Å². The van der Waals surface area contributed by atoms with E-state index in [0.29, 0.717) is 19.1 Å². The summed E-state index contributed by atoms with van der Waals surface area (Å²) < 4.78 is 5.31. The lowest BCUT2D eigenvalue weighted by Gasteiger charge is -2.38. The standard InChI is InChI=1S/C15H24N4O2/c1-12(15(20)19-6-8-21-9-7-19)18-4-2-13(3-5-18)14-10-16-17-11-14/h10-13H,2-9H2,1H3,(H,16,17)/t12-/m0/s1. The van der Waals surface area contributed by atoms with E-state index in [1.54, 1.807) is 0 Å². The van der Waals surface area contributed by atoms with Crippen LogP contribution in [0.1, 0.15) is 31.2 Å². The van der Waals surface area contributed by atoms with Crippen LogP contribution in [0.15, 0.2) is 12.4 Å². The zero-order valence-electron chi connectivity index (χ0n) is 12.6. The van der Waals surface area contributed by atoms with Crippen molar-refractivity contribution in [3.8, 4) is 0 Å². The molecule has 1 N–H and O–H groups in total. The lowest BCUT2D eigenvalue weighted by Crippen LogP contribution is -2.52. The van der Waals surface area contributed by atoms with Crippen LogP contribution in [0.25, 0.3) is 0 Å². The molecule has 3 rings (SSSR count). The summed E-state index contributed by atoms with van der Waals surface area (Å²) in [7, 11) is 0. The third-order valence-electron chi connectivity index (χ3n) is 4.75. The van der Waals surface area contributed by atoms with Gasteiger partial charge < -0.3 is 9.64 Å². The van der Waals surface area contributed by atoms with Gasteiger partial charge in [-0.2, -0.15) is 5.10 Å². The van der Waals surface area contributed by atoms with Gasteiger partial charge in [-0.3, -0.25) is 14.8 Å². The zero-order valence-corrected chi connectivity index (χ0v) is 12.6. The summed E-state index contributed by atoms with van der Waals surface area (Å²) in [4.78, 5) is 16.8. The SMILES string of the molecule is C[C@@H](C(=O)N1CCOCC1)N1CCC(c2cn[nH]c2)CC1. The summed E-state index contributed by atoms with van der Waals surface area (Å²) in [5.41, 5.74) is 1.29. The molecule has 2 aliphatic heterocycles. The Labute approximate surface area is 125 Å². The predicted molar refractivity (Wildman–Crippen MR) is 79.0 cm³/mol. The quantitative estimate of drug-likeness (QED) is 0.896. The van der Waals surface area contributed by atoms with Gasteiger partial charge >= 0.3 is 0 Å². The second kappa shape index (κ2) is 6.58. The van der Waals surface area contributed by atoms with Crippen molar-refractivity contribution in [3.05, 3.63) is 18.0 Å². The molecular formula is C15H24N4O2. The van der Waals surface area contributed by atoms with Gasteiger partial charge in [0.2, 0.25) is 5.91 Å². The summed E-state index contributed by atoms with van der Waals surface area (Å²) in [5, 5.41) is 6.92. The molecule has 1 amide bonds. The Hall–Kier alpha value is -1.40. The van der Waals surface area contributed by atoms with Gasteiger partial charge in [0.15, 0.2) is 0 Å². The lowest BCUT2D eigenvalue weighted by molar-refractivity contribution is -0.140. The van der Waals surface area contributed by atoms with Crippen LogP contribution in [-0.2, 0) is 9.53 Å². The van der Waals surface area contributed by atoms with Crippen LogP contribution in [-0.4, -0.2) is 71.3 Å². The first-order valence-corrected chi connectivity index (χ1v) is 7.85. The van der Waals surface area contributed by atoms with Gasteiger partial charge in [-0.1, -0.05) is 0 Å². The third kappa shape index (κ3) is 3.27. The summed E-state index contributed by atoms with van der Waals surface area (Å²) in [5.74, 6) is 0.825. The number of morpholine rings is 1. The van der Waals surface area contributed by atoms with Crippen molar-refractivity contribution < 1.29 is 9.53 Å². The number of aromatic nitrogens is 2. The molecule has 1 atom stereocenters. The number of aromatic amines is 1. The van der Waals surface area contributed by atoms with Crippen LogP contribution >= 0.6 is 0 Å². The fourth-order valence-corrected chi connectivity index (χ4v) is 3.31. The van der Waals surface area contributed by atoms with Gasteiger partial charge in [-0.25, -0.2) is 0 Å². The molecule has 0 bridgehead atoms. The first-order valence-electron chi connectivity index (χ1n) is 7.85. The fourth-order valence-electron chi connectivity index (χ4n) is 3.31. The summed E-state index contributed by atoms with van der Waals surface area (Å²) in [6.07, 6.45) is 6.10. The highest BCUT2D eigenvalue weighted by Gasteiger charge is 2.30.